The van der Waals surface area contributed by atoms with Crippen LogP contribution in [-0.2, 0) is 6.54 Å². The second kappa shape index (κ2) is 6.15. The first-order valence-corrected chi connectivity index (χ1v) is 6.91. The summed E-state index contributed by atoms with van der Waals surface area (Å²) >= 11 is 3.40. The second-order valence-corrected chi connectivity index (χ2v) is 5.62. The van der Waals surface area contributed by atoms with Gasteiger partial charge in [0.25, 0.3) is 0 Å². The van der Waals surface area contributed by atoms with Gasteiger partial charge >= 0.3 is 0 Å². The first-order valence-electron chi connectivity index (χ1n) is 4.74. The summed E-state index contributed by atoms with van der Waals surface area (Å²) in [5, 5.41) is 5.76. The van der Waals surface area contributed by atoms with E-state index in [-0.39, 0.29) is 5.91 Å². The molecule has 0 saturated carbocycles. The zero-order valence-electron chi connectivity index (χ0n) is 8.95. The maximum atomic E-state index is 10.8. The number of thiophene rings is 1. The minimum absolute atomic E-state index is 0.352. The molecule has 5 heteroatoms. The van der Waals surface area contributed by atoms with Crippen LogP contribution in [0, 0.1) is 0 Å². The number of thioether (sulfide) groups is 1. The summed E-state index contributed by atoms with van der Waals surface area (Å²) < 4.78 is 0. The number of hydrogen-bond acceptors (Lipinski definition) is 4. The highest BCUT2D eigenvalue weighted by molar-refractivity contribution is 7.99. The highest BCUT2D eigenvalue weighted by atomic mass is 32.2. The quantitative estimate of drug-likeness (QED) is 0.800. The predicted molar refractivity (Wildman–Crippen MR) is 67.5 cm³/mol. The van der Waals surface area contributed by atoms with Crippen molar-refractivity contribution in [1.29, 1.82) is 0 Å². The van der Waals surface area contributed by atoms with Gasteiger partial charge in [0.2, 0.25) is 5.91 Å². The molecule has 0 saturated heterocycles. The van der Waals surface area contributed by atoms with Crippen molar-refractivity contribution in [3.8, 4) is 0 Å². The molecule has 0 aliphatic carbocycles. The van der Waals surface area contributed by atoms with Crippen LogP contribution < -0.4 is 11.1 Å². The van der Waals surface area contributed by atoms with Crippen molar-refractivity contribution in [1.82, 2.24) is 5.32 Å². The number of carbonyl (C=O) groups excluding carboxylic acids is 1. The van der Waals surface area contributed by atoms with E-state index in [1.54, 1.807) is 16.7 Å². The van der Waals surface area contributed by atoms with E-state index in [2.05, 4.69) is 18.5 Å². The first kappa shape index (κ1) is 12.5. The van der Waals surface area contributed by atoms with E-state index in [9.17, 15) is 4.79 Å². The van der Waals surface area contributed by atoms with Crippen molar-refractivity contribution < 1.29 is 4.79 Å². The van der Waals surface area contributed by atoms with Crippen molar-refractivity contribution >= 4 is 29.0 Å². The molecule has 1 amide bonds. The molecule has 1 atom stereocenters. The summed E-state index contributed by atoms with van der Waals surface area (Å²) in [7, 11) is 0. The van der Waals surface area contributed by atoms with Crippen LogP contribution in [0.2, 0.25) is 0 Å². The van der Waals surface area contributed by atoms with Crippen molar-refractivity contribution in [2.75, 3.05) is 12.8 Å². The SMILES string of the molecule is CSC(C)CNCc1cc(C(N)=O)cs1. The molecule has 1 aromatic rings. The fourth-order valence-corrected chi connectivity index (χ4v) is 2.21. The Balaban J connectivity index is 2.35. The fraction of sp³-hybridized carbons (Fsp3) is 0.500. The lowest BCUT2D eigenvalue weighted by Gasteiger charge is -2.08. The van der Waals surface area contributed by atoms with Crippen LogP contribution in [0.4, 0.5) is 0 Å². The van der Waals surface area contributed by atoms with Crippen LogP contribution in [0.1, 0.15) is 22.2 Å². The molecule has 0 aliphatic heterocycles. The molecular formula is C10H16N2OS2. The van der Waals surface area contributed by atoms with Crippen LogP contribution >= 0.6 is 23.1 Å². The summed E-state index contributed by atoms with van der Waals surface area (Å²) in [5.41, 5.74) is 5.78. The zero-order valence-corrected chi connectivity index (χ0v) is 10.6. The van der Waals surface area contributed by atoms with Crippen LogP contribution in [0.5, 0.6) is 0 Å². The molecule has 0 aromatic carbocycles. The molecule has 0 spiro atoms. The molecule has 0 fully saturated rings. The number of primary amides is 1. The molecule has 3 N–H and O–H groups in total. The Bertz CT molecular complexity index is 325. The summed E-state index contributed by atoms with van der Waals surface area (Å²) in [5.74, 6) is -0.352. The molecule has 0 bridgehead atoms. The minimum atomic E-state index is -0.352. The number of hydrogen-bond donors (Lipinski definition) is 2. The normalized spacial score (nSPS) is 12.7. The third-order valence-electron chi connectivity index (χ3n) is 2.07. The summed E-state index contributed by atoms with van der Waals surface area (Å²) in [6.07, 6.45) is 2.10. The van der Waals surface area contributed by atoms with Crippen LogP contribution in [-0.4, -0.2) is 24.0 Å². The lowest BCUT2D eigenvalue weighted by Crippen LogP contribution is -2.21. The standard InChI is InChI=1S/C10H16N2OS2/c1-7(14-2)4-12-5-9-3-8(6-15-9)10(11)13/h3,6-7,12H,4-5H2,1-2H3,(H2,11,13). The fourth-order valence-electron chi connectivity index (χ4n) is 1.08. The monoisotopic (exact) mass is 244 g/mol. The molecule has 84 valence electrons. The van der Waals surface area contributed by atoms with Gasteiger partial charge in [-0.1, -0.05) is 6.92 Å². The van der Waals surface area contributed by atoms with Crippen molar-refractivity contribution in [3.05, 3.63) is 21.9 Å². The summed E-state index contributed by atoms with van der Waals surface area (Å²) in [4.78, 5) is 12.0. The third kappa shape index (κ3) is 4.24. The minimum Gasteiger partial charge on any atom is -0.366 e. The smallest absolute Gasteiger partial charge is 0.249 e. The number of nitrogens with two attached hydrogens (primary N) is 1. The van der Waals surface area contributed by atoms with Gasteiger partial charge in [-0.2, -0.15) is 11.8 Å². The highest BCUT2D eigenvalue weighted by Crippen LogP contribution is 2.14. The molecule has 3 nitrogen and oxygen atoms in total. The molecule has 1 rings (SSSR count). The Kier molecular flexibility index (Phi) is 5.14. The van der Waals surface area contributed by atoms with Crippen LogP contribution in [0.15, 0.2) is 11.4 Å². The average Bonchev–Trinajstić information content (AvgIpc) is 2.66. The Morgan fingerprint density at radius 2 is 2.47 bits per heavy atom. The number of nitrogens with one attached hydrogen (secondary N) is 1. The largest absolute Gasteiger partial charge is 0.366 e. The predicted octanol–water partition coefficient (Wildman–Crippen LogP) is 1.69. The van der Waals surface area contributed by atoms with Gasteiger partial charge in [0.1, 0.15) is 0 Å². The van der Waals surface area contributed by atoms with Gasteiger partial charge in [-0.05, 0) is 12.3 Å². The van der Waals surface area contributed by atoms with E-state index in [4.69, 9.17) is 5.73 Å². The lowest BCUT2D eigenvalue weighted by atomic mass is 10.3. The summed E-state index contributed by atoms with van der Waals surface area (Å²) in [6, 6.07) is 1.85. The lowest BCUT2D eigenvalue weighted by molar-refractivity contribution is 0.100. The van der Waals surface area contributed by atoms with E-state index in [1.165, 1.54) is 0 Å². The molecule has 1 heterocycles. The Labute approximate surface area is 98.4 Å². The average molecular weight is 244 g/mol. The first-order chi connectivity index (χ1) is 7.13. The van der Waals surface area contributed by atoms with E-state index in [1.807, 2.05) is 17.8 Å². The molecular weight excluding hydrogens is 228 g/mol. The van der Waals surface area contributed by atoms with E-state index in [0.29, 0.717) is 10.8 Å². The molecule has 15 heavy (non-hydrogen) atoms. The molecule has 1 aromatic heterocycles. The van der Waals surface area contributed by atoms with E-state index < -0.39 is 0 Å². The molecule has 1 unspecified atom stereocenters. The molecule has 0 radical (unpaired) electrons. The van der Waals surface area contributed by atoms with Gasteiger partial charge in [0.15, 0.2) is 0 Å². The maximum Gasteiger partial charge on any atom is 0.249 e. The van der Waals surface area contributed by atoms with Crippen LogP contribution in [0.3, 0.4) is 0 Å². The highest BCUT2D eigenvalue weighted by Gasteiger charge is 2.04. The summed E-state index contributed by atoms with van der Waals surface area (Å²) in [6.45, 7) is 3.97. The van der Waals surface area contributed by atoms with E-state index in [0.717, 1.165) is 18.0 Å². The number of carbonyl (C=O) groups is 1. The number of rotatable bonds is 6. The maximum absolute atomic E-state index is 10.8. The van der Waals surface area contributed by atoms with Crippen molar-refractivity contribution in [3.63, 3.8) is 0 Å². The van der Waals surface area contributed by atoms with Gasteiger partial charge in [0.05, 0.1) is 5.56 Å². The topological polar surface area (TPSA) is 55.1 Å². The third-order valence-corrected chi connectivity index (χ3v) is 3.98. The molecule has 0 aliphatic rings. The second-order valence-electron chi connectivity index (χ2n) is 3.34. The van der Waals surface area contributed by atoms with Gasteiger partial charge in [-0.3, -0.25) is 4.79 Å². The van der Waals surface area contributed by atoms with Gasteiger partial charge in [0, 0.05) is 28.6 Å². The van der Waals surface area contributed by atoms with Crippen molar-refractivity contribution in [2.45, 2.75) is 18.7 Å². The Hall–Kier alpha value is -0.520. The van der Waals surface area contributed by atoms with Crippen LogP contribution in [0.25, 0.3) is 0 Å². The van der Waals surface area contributed by atoms with Gasteiger partial charge in [-0.15, -0.1) is 11.3 Å². The Morgan fingerprint density at radius 1 is 1.73 bits per heavy atom. The van der Waals surface area contributed by atoms with E-state index >= 15 is 0 Å². The zero-order chi connectivity index (χ0) is 11.3. The Morgan fingerprint density at radius 3 is 3.00 bits per heavy atom. The van der Waals surface area contributed by atoms with Crippen molar-refractivity contribution in [2.24, 2.45) is 5.73 Å². The van der Waals surface area contributed by atoms with Gasteiger partial charge < -0.3 is 11.1 Å². The number of amides is 1. The van der Waals surface area contributed by atoms with Gasteiger partial charge in [-0.25, -0.2) is 0 Å².